The molecule has 0 aromatic heterocycles. The standard InChI is InChI=1S/C15H14F3NO4/c16-15(17,18)11-9-6-10(13(20)21)19(12(9)11)14(22)23-7-8-4-2-1-3-5-8/h1-5,9-12H,6-7H2,(H,20,21)/t9-,10-,11-,12-/m0/s1. The fourth-order valence-electron chi connectivity index (χ4n) is 3.30. The molecular formula is C15H14F3NO4. The average Bonchev–Trinajstić information content (AvgIpc) is 3.08. The smallest absolute Gasteiger partial charge is 0.411 e. The number of piperidine rings is 1. The van der Waals surface area contributed by atoms with Crippen LogP contribution in [0.4, 0.5) is 18.0 Å². The van der Waals surface area contributed by atoms with Crippen molar-refractivity contribution in [1.82, 2.24) is 4.90 Å². The molecular weight excluding hydrogens is 315 g/mol. The minimum atomic E-state index is -4.43. The van der Waals surface area contributed by atoms with Crippen molar-refractivity contribution in [2.45, 2.75) is 31.3 Å². The molecule has 3 rings (SSSR count). The summed E-state index contributed by atoms with van der Waals surface area (Å²) < 4.78 is 43.6. The highest BCUT2D eigenvalue weighted by Gasteiger charge is 2.73. The van der Waals surface area contributed by atoms with E-state index in [9.17, 15) is 22.8 Å². The second kappa shape index (κ2) is 5.43. The summed E-state index contributed by atoms with van der Waals surface area (Å²) in [6, 6.07) is 6.25. The lowest BCUT2D eigenvalue weighted by molar-refractivity contribution is -0.162. The van der Waals surface area contributed by atoms with E-state index in [-0.39, 0.29) is 13.0 Å². The van der Waals surface area contributed by atoms with E-state index in [0.717, 1.165) is 4.90 Å². The van der Waals surface area contributed by atoms with Crippen LogP contribution in [0.2, 0.25) is 0 Å². The summed E-state index contributed by atoms with van der Waals surface area (Å²) in [5.41, 5.74) is 0.673. The van der Waals surface area contributed by atoms with Gasteiger partial charge in [0.1, 0.15) is 12.6 Å². The van der Waals surface area contributed by atoms with Crippen LogP contribution in [0.1, 0.15) is 12.0 Å². The maximum atomic E-state index is 12.9. The Morgan fingerprint density at radius 3 is 2.48 bits per heavy atom. The van der Waals surface area contributed by atoms with Gasteiger partial charge in [0.2, 0.25) is 0 Å². The van der Waals surface area contributed by atoms with Gasteiger partial charge < -0.3 is 9.84 Å². The third-order valence-corrected chi connectivity index (χ3v) is 4.36. The molecule has 0 spiro atoms. The topological polar surface area (TPSA) is 66.8 Å². The number of nitrogens with zero attached hydrogens (tertiary/aromatic N) is 1. The summed E-state index contributed by atoms with van der Waals surface area (Å²) in [5, 5.41) is 9.11. The SMILES string of the molecule is O=C(O)[C@@H]1C[C@@H]2[C@@H]([C@H]2C(F)(F)F)N1C(=O)OCc1ccccc1. The predicted octanol–water partition coefficient (Wildman–Crippen LogP) is 2.66. The van der Waals surface area contributed by atoms with Crippen LogP contribution in [0.15, 0.2) is 30.3 Å². The first kappa shape index (κ1) is 15.6. The molecule has 5 nitrogen and oxygen atoms in total. The zero-order valence-electron chi connectivity index (χ0n) is 11.9. The Morgan fingerprint density at radius 2 is 1.91 bits per heavy atom. The molecule has 8 heteroatoms. The number of halogens is 3. The van der Waals surface area contributed by atoms with Crippen LogP contribution in [0.3, 0.4) is 0 Å². The van der Waals surface area contributed by atoms with Gasteiger partial charge in [0.15, 0.2) is 0 Å². The quantitative estimate of drug-likeness (QED) is 0.926. The molecule has 1 aliphatic carbocycles. The van der Waals surface area contributed by atoms with Crippen LogP contribution >= 0.6 is 0 Å². The summed E-state index contributed by atoms with van der Waals surface area (Å²) in [4.78, 5) is 24.0. The second-order valence-corrected chi connectivity index (χ2v) is 5.76. The number of hydrogen-bond acceptors (Lipinski definition) is 3. The lowest BCUT2D eigenvalue weighted by Crippen LogP contribution is -2.45. The number of hydrogen-bond donors (Lipinski definition) is 1. The lowest BCUT2D eigenvalue weighted by Gasteiger charge is -2.26. The summed E-state index contributed by atoms with van der Waals surface area (Å²) in [7, 11) is 0. The number of amides is 1. The number of fused-ring (bicyclic) bond motifs is 1. The molecule has 1 N–H and O–H groups in total. The Balaban J connectivity index is 1.70. The molecule has 0 radical (unpaired) electrons. The van der Waals surface area contributed by atoms with Gasteiger partial charge in [-0.3, -0.25) is 4.90 Å². The van der Waals surface area contributed by atoms with Gasteiger partial charge in [0.25, 0.3) is 0 Å². The van der Waals surface area contributed by atoms with Gasteiger partial charge >= 0.3 is 18.2 Å². The molecule has 1 aliphatic heterocycles. The monoisotopic (exact) mass is 329 g/mol. The predicted molar refractivity (Wildman–Crippen MR) is 71.3 cm³/mol. The fraction of sp³-hybridized carbons (Fsp3) is 0.467. The summed E-state index contributed by atoms with van der Waals surface area (Å²) >= 11 is 0. The molecule has 2 aliphatic rings. The molecule has 4 atom stereocenters. The van der Waals surface area contributed by atoms with E-state index in [4.69, 9.17) is 9.84 Å². The van der Waals surface area contributed by atoms with Gasteiger partial charge in [-0.1, -0.05) is 30.3 Å². The highest BCUT2D eigenvalue weighted by atomic mass is 19.4. The second-order valence-electron chi connectivity index (χ2n) is 5.76. The fourth-order valence-corrected chi connectivity index (χ4v) is 3.30. The molecule has 1 aromatic rings. The van der Waals surface area contributed by atoms with Crippen molar-refractivity contribution in [3.63, 3.8) is 0 Å². The van der Waals surface area contributed by atoms with E-state index in [2.05, 4.69) is 0 Å². The largest absolute Gasteiger partial charge is 0.480 e. The normalized spacial score (nSPS) is 29.1. The zero-order valence-corrected chi connectivity index (χ0v) is 11.9. The number of likely N-dealkylation sites (tertiary alicyclic amines) is 1. The molecule has 1 saturated carbocycles. The summed E-state index contributed by atoms with van der Waals surface area (Å²) in [6.07, 6.45) is -5.64. The number of carbonyl (C=O) groups is 2. The maximum absolute atomic E-state index is 12.9. The molecule has 1 heterocycles. The van der Waals surface area contributed by atoms with Crippen molar-refractivity contribution in [3.8, 4) is 0 Å². The van der Waals surface area contributed by atoms with E-state index in [0.29, 0.717) is 5.56 Å². The number of benzene rings is 1. The van der Waals surface area contributed by atoms with E-state index in [1.807, 2.05) is 0 Å². The molecule has 1 saturated heterocycles. The molecule has 2 fully saturated rings. The first-order valence-corrected chi connectivity index (χ1v) is 7.09. The Labute approximate surface area is 129 Å². The van der Waals surface area contributed by atoms with Crippen molar-refractivity contribution in [2.75, 3.05) is 0 Å². The molecule has 124 valence electrons. The Morgan fingerprint density at radius 1 is 1.26 bits per heavy atom. The molecule has 23 heavy (non-hydrogen) atoms. The van der Waals surface area contributed by atoms with Crippen LogP contribution < -0.4 is 0 Å². The highest BCUT2D eigenvalue weighted by molar-refractivity contribution is 5.82. The average molecular weight is 329 g/mol. The minimum absolute atomic E-state index is 0.115. The zero-order chi connectivity index (χ0) is 16.8. The van der Waals surface area contributed by atoms with Gasteiger partial charge in [0.05, 0.1) is 12.0 Å². The number of alkyl halides is 3. The van der Waals surface area contributed by atoms with Crippen molar-refractivity contribution in [1.29, 1.82) is 0 Å². The summed E-state index contributed by atoms with van der Waals surface area (Å²) in [6.45, 7) is -0.115. The number of carboxylic acids is 1. The number of carboxylic acid groups (broad SMARTS) is 1. The van der Waals surface area contributed by atoms with Crippen LogP contribution in [0.5, 0.6) is 0 Å². The third kappa shape index (κ3) is 2.85. The van der Waals surface area contributed by atoms with Crippen LogP contribution in [0.25, 0.3) is 0 Å². The number of carbonyl (C=O) groups excluding carboxylic acids is 1. The van der Waals surface area contributed by atoms with Crippen LogP contribution in [0, 0.1) is 11.8 Å². The highest BCUT2D eigenvalue weighted by Crippen LogP contribution is 2.60. The number of rotatable bonds is 3. The number of ether oxygens (including phenoxy) is 1. The number of aliphatic carboxylic acids is 1. The van der Waals surface area contributed by atoms with E-state index in [1.54, 1.807) is 30.3 Å². The third-order valence-electron chi connectivity index (χ3n) is 4.36. The van der Waals surface area contributed by atoms with Crippen molar-refractivity contribution >= 4 is 12.1 Å². The van der Waals surface area contributed by atoms with Crippen LogP contribution in [-0.2, 0) is 16.1 Å². The Kier molecular flexibility index (Phi) is 3.69. The Bertz CT molecular complexity index is 619. The van der Waals surface area contributed by atoms with Crippen molar-refractivity contribution in [2.24, 2.45) is 11.8 Å². The Hall–Kier alpha value is -2.25. The molecule has 1 aromatic carbocycles. The molecule has 0 bridgehead atoms. The van der Waals surface area contributed by atoms with Gasteiger partial charge in [-0.2, -0.15) is 13.2 Å². The minimum Gasteiger partial charge on any atom is -0.480 e. The maximum Gasteiger partial charge on any atom is 0.411 e. The van der Waals surface area contributed by atoms with E-state index in [1.165, 1.54) is 0 Å². The first-order valence-electron chi connectivity index (χ1n) is 7.09. The molecule has 1 amide bonds. The van der Waals surface area contributed by atoms with Gasteiger partial charge in [-0.05, 0) is 17.9 Å². The van der Waals surface area contributed by atoms with E-state index >= 15 is 0 Å². The van der Waals surface area contributed by atoms with Gasteiger partial charge in [0, 0.05) is 0 Å². The lowest BCUT2D eigenvalue weighted by atomic mass is 10.1. The van der Waals surface area contributed by atoms with Gasteiger partial charge in [-0.25, -0.2) is 9.59 Å². The first-order chi connectivity index (χ1) is 10.8. The van der Waals surface area contributed by atoms with Crippen LogP contribution in [-0.4, -0.2) is 40.3 Å². The van der Waals surface area contributed by atoms with Crippen molar-refractivity contribution in [3.05, 3.63) is 35.9 Å². The summed E-state index contributed by atoms with van der Waals surface area (Å²) in [5.74, 6) is -3.81. The van der Waals surface area contributed by atoms with E-state index < -0.39 is 42.2 Å². The van der Waals surface area contributed by atoms with Gasteiger partial charge in [-0.15, -0.1) is 0 Å². The van der Waals surface area contributed by atoms with Crippen molar-refractivity contribution < 1.29 is 32.6 Å². The molecule has 0 unspecified atom stereocenters.